The Morgan fingerprint density at radius 2 is 1.96 bits per heavy atom. The zero-order valence-corrected chi connectivity index (χ0v) is 15.4. The Kier molecular flexibility index (Phi) is 5.92. The number of hydrogen-bond acceptors (Lipinski definition) is 6. The molecule has 0 unspecified atom stereocenters. The largest absolute Gasteiger partial charge is 0.366 e. The van der Waals surface area contributed by atoms with Crippen molar-refractivity contribution in [2.24, 2.45) is 0 Å². The number of carbonyl (C=O) groups excluding carboxylic acids is 1. The van der Waals surface area contributed by atoms with Gasteiger partial charge in [0.2, 0.25) is 0 Å². The monoisotopic (exact) mass is 385 g/mol. The van der Waals surface area contributed by atoms with E-state index in [0.717, 1.165) is 32.4 Å². The van der Waals surface area contributed by atoms with Gasteiger partial charge in [0.1, 0.15) is 11.5 Å². The minimum Gasteiger partial charge on any atom is -0.366 e. The number of thiocarbonyl (C=S) groups is 1. The molecule has 27 heavy (non-hydrogen) atoms. The fourth-order valence-corrected chi connectivity index (χ4v) is 3.17. The molecule has 2 heterocycles. The van der Waals surface area contributed by atoms with Crippen LogP contribution in [-0.2, 0) is 0 Å². The van der Waals surface area contributed by atoms with Crippen molar-refractivity contribution in [1.82, 2.24) is 10.3 Å². The molecule has 1 aromatic heterocycles. The smallest absolute Gasteiger partial charge is 0.293 e. The second-order valence-corrected chi connectivity index (χ2v) is 6.54. The van der Waals surface area contributed by atoms with Crippen molar-refractivity contribution in [2.75, 3.05) is 23.3 Å². The highest BCUT2D eigenvalue weighted by Crippen LogP contribution is 2.31. The lowest BCUT2D eigenvalue weighted by molar-refractivity contribution is -0.384. The lowest BCUT2D eigenvalue weighted by atomic mass is 10.1. The number of nitrogens with zero attached hydrogens (tertiary/aromatic N) is 3. The summed E-state index contributed by atoms with van der Waals surface area (Å²) in [6.07, 6.45) is 4.74. The zero-order valence-electron chi connectivity index (χ0n) is 14.6. The van der Waals surface area contributed by atoms with Gasteiger partial charge in [0.25, 0.3) is 11.6 Å². The maximum Gasteiger partial charge on any atom is 0.293 e. The number of pyridine rings is 1. The van der Waals surface area contributed by atoms with Crippen LogP contribution in [0.5, 0.6) is 0 Å². The quantitative estimate of drug-likeness (QED) is 0.474. The number of nitro groups is 1. The van der Waals surface area contributed by atoms with E-state index in [4.69, 9.17) is 12.2 Å². The van der Waals surface area contributed by atoms with Crippen molar-refractivity contribution in [1.29, 1.82) is 0 Å². The maximum atomic E-state index is 12.4. The molecule has 0 saturated carbocycles. The SMILES string of the molecule is O=C(NC(=S)Nc1ccccn1)c1ccc(N2CCCCC2)c([N+](=O)[O-])c1. The summed E-state index contributed by atoms with van der Waals surface area (Å²) in [5.74, 6) is -0.0223. The molecule has 0 bridgehead atoms. The molecule has 9 heteroatoms. The molecule has 0 atom stereocenters. The Labute approximate surface area is 161 Å². The third-order valence-corrected chi connectivity index (χ3v) is 4.47. The van der Waals surface area contributed by atoms with Crippen LogP contribution in [-0.4, -0.2) is 34.0 Å². The summed E-state index contributed by atoms with van der Waals surface area (Å²) in [7, 11) is 0. The topological polar surface area (TPSA) is 100 Å². The first-order valence-electron chi connectivity index (χ1n) is 8.61. The van der Waals surface area contributed by atoms with Crippen LogP contribution in [0.4, 0.5) is 17.2 Å². The third-order valence-electron chi connectivity index (χ3n) is 4.26. The number of carbonyl (C=O) groups is 1. The average Bonchev–Trinajstić information content (AvgIpc) is 2.68. The summed E-state index contributed by atoms with van der Waals surface area (Å²) in [6, 6.07) is 9.75. The Balaban J connectivity index is 1.73. The van der Waals surface area contributed by atoms with E-state index in [2.05, 4.69) is 15.6 Å². The predicted molar refractivity (Wildman–Crippen MR) is 107 cm³/mol. The standard InChI is InChI=1S/C18H19N5O3S/c24-17(21-18(27)20-16-6-2-3-9-19-16)13-7-8-14(15(12-13)23(25)26)22-10-4-1-5-11-22/h2-3,6-9,12H,1,4-5,10-11H2,(H2,19,20,21,24,27). The van der Waals surface area contributed by atoms with E-state index in [9.17, 15) is 14.9 Å². The molecule has 0 spiro atoms. The summed E-state index contributed by atoms with van der Waals surface area (Å²) in [5.41, 5.74) is 0.645. The second kappa shape index (κ2) is 8.54. The number of aromatic nitrogens is 1. The summed E-state index contributed by atoms with van der Waals surface area (Å²) in [5, 5.41) is 16.9. The number of hydrogen-bond donors (Lipinski definition) is 2. The molecule has 0 radical (unpaired) electrons. The van der Waals surface area contributed by atoms with E-state index in [1.165, 1.54) is 6.07 Å². The second-order valence-electron chi connectivity index (χ2n) is 6.13. The van der Waals surface area contributed by atoms with Gasteiger partial charge in [-0.1, -0.05) is 6.07 Å². The van der Waals surface area contributed by atoms with Crippen LogP contribution < -0.4 is 15.5 Å². The molecule has 8 nitrogen and oxygen atoms in total. The highest BCUT2D eigenvalue weighted by Gasteiger charge is 2.23. The average molecular weight is 385 g/mol. The van der Waals surface area contributed by atoms with Crippen LogP contribution in [0.1, 0.15) is 29.6 Å². The minimum atomic E-state index is -0.517. The molecule has 1 amide bonds. The molecule has 1 saturated heterocycles. The minimum absolute atomic E-state index is 0.0708. The molecule has 0 aliphatic carbocycles. The molecular weight excluding hydrogens is 366 g/mol. The van der Waals surface area contributed by atoms with Crippen molar-refractivity contribution in [2.45, 2.75) is 19.3 Å². The molecule has 1 aliphatic heterocycles. The van der Waals surface area contributed by atoms with E-state index in [1.54, 1.807) is 36.5 Å². The van der Waals surface area contributed by atoms with E-state index in [0.29, 0.717) is 11.5 Å². The number of rotatable bonds is 4. The highest BCUT2D eigenvalue weighted by atomic mass is 32.1. The molecule has 2 N–H and O–H groups in total. The van der Waals surface area contributed by atoms with E-state index >= 15 is 0 Å². The Morgan fingerprint density at radius 3 is 2.63 bits per heavy atom. The van der Waals surface area contributed by atoms with Crippen LogP contribution in [0, 0.1) is 10.1 Å². The summed E-state index contributed by atoms with van der Waals surface area (Å²) in [6.45, 7) is 1.56. The van der Waals surface area contributed by atoms with Gasteiger partial charge in [0.05, 0.1) is 4.92 Å². The Morgan fingerprint density at radius 1 is 1.19 bits per heavy atom. The molecule has 1 aromatic carbocycles. The molecule has 2 aromatic rings. The number of amides is 1. The first-order valence-corrected chi connectivity index (χ1v) is 9.02. The van der Waals surface area contributed by atoms with Crippen LogP contribution in [0.25, 0.3) is 0 Å². The van der Waals surface area contributed by atoms with Gasteiger partial charge in [-0.25, -0.2) is 4.98 Å². The van der Waals surface area contributed by atoms with Crippen LogP contribution >= 0.6 is 12.2 Å². The summed E-state index contributed by atoms with van der Waals surface area (Å²) in [4.78, 5) is 29.5. The first kappa shape index (κ1) is 18.7. The number of nitrogens with one attached hydrogen (secondary N) is 2. The number of benzene rings is 1. The lowest BCUT2D eigenvalue weighted by Crippen LogP contribution is -2.34. The van der Waals surface area contributed by atoms with Crippen LogP contribution in [0.2, 0.25) is 0 Å². The van der Waals surface area contributed by atoms with E-state index in [-0.39, 0.29) is 16.4 Å². The Hall–Kier alpha value is -3.07. The Bertz CT molecular complexity index is 853. The summed E-state index contributed by atoms with van der Waals surface area (Å²) < 4.78 is 0. The van der Waals surface area contributed by atoms with Gasteiger partial charge in [0, 0.05) is 30.9 Å². The van der Waals surface area contributed by atoms with Gasteiger partial charge >= 0.3 is 0 Å². The fourth-order valence-electron chi connectivity index (χ4n) is 2.97. The molecule has 3 rings (SSSR count). The first-order chi connectivity index (χ1) is 13.0. The van der Waals surface area contributed by atoms with Crippen molar-refractivity contribution in [3.05, 3.63) is 58.3 Å². The van der Waals surface area contributed by atoms with Crippen LogP contribution in [0.15, 0.2) is 42.6 Å². The number of piperidine rings is 1. The normalized spacial score (nSPS) is 13.7. The maximum absolute atomic E-state index is 12.4. The molecule has 1 fully saturated rings. The highest BCUT2D eigenvalue weighted by molar-refractivity contribution is 7.80. The van der Waals surface area contributed by atoms with Gasteiger partial charge in [-0.3, -0.25) is 20.2 Å². The van der Waals surface area contributed by atoms with Crippen molar-refractivity contribution >= 4 is 40.4 Å². The van der Waals surface area contributed by atoms with Gasteiger partial charge < -0.3 is 10.2 Å². The predicted octanol–water partition coefficient (Wildman–Crippen LogP) is 3.11. The van der Waals surface area contributed by atoms with Crippen LogP contribution in [0.3, 0.4) is 0 Å². The molecule has 140 valence electrons. The number of nitro benzene ring substituents is 1. The van der Waals surface area contributed by atoms with Crippen molar-refractivity contribution in [3.8, 4) is 0 Å². The lowest BCUT2D eigenvalue weighted by Gasteiger charge is -2.28. The van der Waals surface area contributed by atoms with Gasteiger partial charge in [-0.15, -0.1) is 0 Å². The van der Waals surface area contributed by atoms with Crippen molar-refractivity contribution < 1.29 is 9.72 Å². The molecule has 1 aliphatic rings. The third kappa shape index (κ3) is 4.76. The molecular formula is C18H19N5O3S. The summed E-state index contributed by atoms with van der Waals surface area (Å²) >= 11 is 5.10. The van der Waals surface area contributed by atoms with E-state index < -0.39 is 10.8 Å². The van der Waals surface area contributed by atoms with Gasteiger partial charge in [-0.05, 0) is 55.7 Å². The van der Waals surface area contributed by atoms with E-state index in [1.807, 2.05) is 4.90 Å². The zero-order chi connectivity index (χ0) is 19.2. The van der Waals surface area contributed by atoms with Gasteiger partial charge in [0.15, 0.2) is 5.11 Å². The fraction of sp³-hybridized carbons (Fsp3) is 0.278. The number of anilines is 2. The van der Waals surface area contributed by atoms with Crippen molar-refractivity contribution in [3.63, 3.8) is 0 Å². The van der Waals surface area contributed by atoms with Gasteiger partial charge in [-0.2, -0.15) is 0 Å².